The molecule has 0 saturated heterocycles. The summed E-state index contributed by atoms with van der Waals surface area (Å²) in [7, 11) is 0. The molecule has 3 nitrogen and oxygen atoms in total. The summed E-state index contributed by atoms with van der Waals surface area (Å²) in [6.07, 6.45) is 0. The number of benzene rings is 1. The maximum atomic E-state index is 10.8. The lowest BCUT2D eigenvalue weighted by molar-refractivity contribution is 0.108. The summed E-state index contributed by atoms with van der Waals surface area (Å²) in [5.74, 6) is -0.234. The lowest BCUT2D eigenvalue weighted by atomic mass is 9.99. The molecule has 0 bridgehead atoms. The van der Waals surface area contributed by atoms with E-state index in [2.05, 4.69) is 0 Å². The Balaban J connectivity index is 3.32. The summed E-state index contributed by atoms with van der Waals surface area (Å²) in [6, 6.07) is 2.51. The van der Waals surface area contributed by atoms with E-state index in [1.165, 1.54) is 12.1 Å². The van der Waals surface area contributed by atoms with Crippen molar-refractivity contribution in [2.24, 2.45) is 0 Å². The minimum atomic E-state index is -0.703. The van der Waals surface area contributed by atoms with Crippen LogP contribution in [-0.2, 0) is 0 Å². The number of rotatable bonds is 2. The van der Waals surface area contributed by atoms with Gasteiger partial charge in [-0.15, -0.1) is 0 Å². The van der Waals surface area contributed by atoms with Gasteiger partial charge in [-0.1, -0.05) is 13.8 Å². The predicted molar refractivity (Wildman–Crippen MR) is 54.0 cm³/mol. The van der Waals surface area contributed by atoms with Gasteiger partial charge in [0.15, 0.2) is 0 Å². The van der Waals surface area contributed by atoms with Crippen molar-refractivity contribution in [1.29, 1.82) is 0 Å². The maximum Gasteiger partial charge on any atom is 0.252 e. The van der Waals surface area contributed by atoms with Gasteiger partial charge in [0.2, 0.25) is 0 Å². The van der Waals surface area contributed by atoms with E-state index in [9.17, 15) is 15.0 Å². The molecule has 0 heterocycles. The van der Waals surface area contributed by atoms with Gasteiger partial charge < -0.3 is 10.2 Å². The first-order valence-electron chi connectivity index (χ1n) is 4.19. The molecule has 0 amide bonds. The summed E-state index contributed by atoms with van der Waals surface area (Å²) < 4.78 is 0. The van der Waals surface area contributed by atoms with Crippen LogP contribution < -0.4 is 0 Å². The monoisotopic (exact) mass is 214 g/mol. The molecule has 0 unspecified atom stereocenters. The molecule has 0 saturated carbocycles. The molecule has 0 fully saturated rings. The van der Waals surface area contributed by atoms with Crippen LogP contribution in [0.15, 0.2) is 12.1 Å². The standard InChI is InChI=1S/C10H11ClO3/c1-5(2)9-7(12)3-6(10(11)14)4-8(9)13/h3-5,12-13H,1-2H3. The van der Waals surface area contributed by atoms with Crippen molar-refractivity contribution in [3.63, 3.8) is 0 Å². The van der Waals surface area contributed by atoms with Gasteiger partial charge in [0.25, 0.3) is 5.24 Å². The first-order valence-corrected chi connectivity index (χ1v) is 4.57. The molecular formula is C10H11ClO3. The van der Waals surface area contributed by atoms with Gasteiger partial charge in [-0.2, -0.15) is 0 Å². The molecule has 0 radical (unpaired) electrons. The molecule has 0 aliphatic heterocycles. The molecule has 1 aromatic carbocycles. The van der Waals surface area contributed by atoms with Crippen molar-refractivity contribution in [1.82, 2.24) is 0 Å². The molecule has 14 heavy (non-hydrogen) atoms. The predicted octanol–water partition coefficient (Wildman–Crippen LogP) is 2.60. The van der Waals surface area contributed by atoms with E-state index in [1.54, 1.807) is 0 Å². The molecule has 1 rings (SSSR count). The van der Waals surface area contributed by atoms with E-state index in [0.29, 0.717) is 5.56 Å². The summed E-state index contributed by atoms with van der Waals surface area (Å²) >= 11 is 5.22. The number of hydrogen-bond donors (Lipinski definition) is 2. The van der Waals surface area contributed by atoms with E-state index in [0.717, 1.165) is 0 Å². The smallest absolute Gasteiger partial charge is 0.252 e. The van der Waals surface area contributed by atoms with Gasteiger partial charge in [-0.25, -0.2) is 0 Å². The van der Waals surface area contributed by atoms with Crippen molar-refractivity contribution in [3.05, 3.63) is 23.3 Å². The van der Waals surface area contributed by atoms with Crippen LogP contribution in [0.5, 0.6) is 11.5 Å². The normalized spacial score (nSPS) is 10.6. The zero-order valence-corrected chi connectivity index (χ0v) is 8.67. The second-order valence-corrected chi connectivity index (χ2v) is 3.70. The van der Waals surface area contributed by atoms with Crippen LogP contribution in [0.2, 0.25) is 0 Å². The number of hydrogen-bond acceptors (Lipinski definition) is 3. The Morgan fingerprint density at radius 2 is 1.71 bits per heavy atom. The average molecular weight is 215 g/mol. The summed E-state index contributed by atoms with van der Waals surface area (Å²) in [4.78, 5) is 10.8. The highest BCUT2D eigenvalue weighted by Crippen LogP contribution is 2.35. The summed E-state index contributed by atoms with van der Waals surface area (Å²) in [5, 5.41) is 18.3. The fraction of sp³-hybridized carbons (Fsp3) is 0.300. The van der Waals surface area contributed by atoms with Crippen molar-refractivity contribution in [2.45, 2.75) is 19.8 Å². The Labute approximate surface area is 86.9 Å². The van der Waals surface area contributed by atoms with E-state index in [-0.39, 0.29) is 23.0 Å². The highest BCUT2D eigenvalue weighted by atomic mass is 35.5. The van der Waals surface area contributed by atoms with Gasteiger partial charge in [-0.05, 0) is 29.7 Å². The lowest BCUT2D eigenvalue weighted by Gasteiger charge is -2.11. The fourth-order valence-electron chi connectivity index (χ4n) is 1.33. The fourth-order valence-corrected chi connectivity index (χ4v) is 1.44. The van der Waals surface area contributed by atoms with Crippen LogP contribution >= 0.6 is 11.6 Å². The third kappa shape index (κ3) is 1.99. The first kappa shape index (κ1) is 10.9. The summed E-state index contributed by atoms with van der Waals surface area (Å²) in [6.45, 7) is 3.66. The van der Waals surface area contributed by atoms with Gasteiger partial charge >= 0.3 is 0 Å². The third-order valence-electron chi connectivity index (χ3n) is 1.94. The molecule has 0 aliphatic carbocycles. The van der Waals surface area contributed by atoms with E-state index < -0.39 is 5.24 Å². The Bertz CT molecular complexity index is 349. The number of halogens is 1. The SMILES string of the molecule is CC(C)c1c(O)cc(C(=O)Cl)cc1O. The highest BCUT2D eigenvalue weighted by molar-refractivity contribution is 6.67. The largest absolute Gasteiger partial charge is 0.507 e. The number of aromatic hydroxyl groups is 2. The minimum absolute atomic E-state index is 0.0190. The lowest BCUT2D eigenvalue weighted by Crippen LogP contribution is -1.94. The van der Waals surface area contributed by atoms with Gasteiger partial charge in [0.05, 0.1) is 0 Å². The molecule has 4 heteroatoms. The Hall–Kier alpha value is -1.22. The zero-order chi connectivity index (χ0) is 10.9. The molecule has 0 aromatic heterocycles. The Morgan fingerprint density at radius 3 is 2.00 bits per heavy atom. The van der Waals surface area contributed by atoms with Crippen molar-refractivity contribution < 1.29 is 15.0 Å². The molecule has 76 valence electrons. The molecule has 0 aliphatic rings. The maximum absolute atomic E-state index is 10.8. The first-order chi connectivity index (χ1) is 6.43. The quantitative estimate of drug-likeness (QED) is 0.744. The minimum Gasteiger partial charge on any atom is -0.507 e. The molecule has 0 spiro atoms. The number of carbonyl (C=O) groups is 1. The molecule has 1 aromatic rings. The molecular weight excluding hydrogens is 204 g/mol. The second-order valence-electron chi connectivity index (χ2n) is 3.36. The van der Waals surface area contributed by atoms with E-state index in [4.69, 9.17) is 11.6 Å². The highest BCUT2D eigenvalue weighted by Gasteiger charge is 2.15. The molecule has 0 atom stereocenters. The Kier molecular flexibility index (Phi) is 3.01. The van der Waals surface area contributed by atoms with Crippen LogP contribution in [0.1, 0.15) is 35.7 Å². The number of phenols is 2. The Morgan fingerprint density at radius 1 is 1.29 bits per heavy atom. The van der Waals surface area contributed by atoms with E-state index >= 15 is 0 Å². The second kappa shape index (κ2) is 3.88. The van der Waals surface area contributed by atoms with Crippen molar-refractivity contribution >= 4 is 16.8 Å². The van der Waals surface area contributed by atoms with Crippen LogP contribution in [0.25, 0.3) is 0 Å². The van der Waals surface area contributed by atoms with Crippen LogP contribution in [-0.4, -0.2) is 15.5 Å². The van der Waals surface area contributed by atoms with Gasteiger partial charge in [0, 0.05) is 11.1 Å². The van der Waals surface area contributed by atoms with Gasteiger partial charge in [-0.3, -0.25) is 4.79 Å². The molecule has 2 N–H and O–H groups in total. The third-order valence-corrected chi connectivity index (χ3v) is 2.16. The van der Waals surface area contributed by atoms with Crippen molar-refractivity contribution in [3.8, 4) is 11.5 Å². The topological polar surface area (TPSA) is 57.5 Å². The van der Waals surface area contributed by atoms with E-state index in [1.807, 2.05) is 13.8 Å². The summed E-state index contributed by atoms with van der Waals surface area (Å²) in [5.41, 5.74) is 0.512. The number of carbonyl (C=O) groups excluding carboxylic acids is 1. The number of phenolic OH excluding ortho intramolecular Hbond substituents is 2. The van der Waals surface area contributed by atoms with Crippen LogP contribution in [0.4, 0.5) is 0 Å². The van der Waals surface area contributed by atoms with Crippen LogP contribution in [0.3, 0.4) is 0 Å². The van der Waals surface area contributed by atoms with Gasteiger partial charge in [0.1, 0.15) is 11.5 Å². The zero-order valence-electron chi connectivity index (χ0n) is 7.91. The average Bonchev–Trinajstić information content (AvgIpc) is 2.01. The van der Waals surface area contributed by atoms with Crippen molar-refractivity contribution in [2.75, 3.05) is 0 Å². The van der Waals surface area contributed by atoms with Crippen LogP contribution in [0, 0.1) is 0 Å².